The molecule has 0 amide bonds. The van der Waals surface area contributed by atoms with Gasteiger partial charge >= 0.3 is 0 Å². The molecule has 0 bridgehead atoms. The van der Waals surface area contributed by atoms with Crippen LogP contribution >= 0.6 is 0 Å². The third-order valence-electron chi connectivity index (χ3n) is 2.47. The maximum atomic E-state index is 3.19. The first-order valence-corrected chi connectivity index (χ1v) is 4.49. The summed E-state index contributed by atoms with van der Waals surface area (Å²) in [6.07, 6.45) is 0. The fourth-order valence-corrected chi connectivity index (χ4v) is 1.70. The molecule has 0 atom stereocenters. The molecule has 0 fully saturated rings. The quantitative estimate of drug-likeness (QED) is 0.694. The van der Waals surface area contributed by atoms with Crippen LogP contribution in [0.15, 0.2) is 36.4 Å². The molecule has 0 aliphatic heterocycles. The lowest BCUT2D eigenvalue weighted by molar-refractivity contribution is 1.44. The van der Waals surface area contributed by atoms with Gasteiger partial charge in [0, 0.05) is 12.7 Å². The summed E-state index contributed by atoms with van der Waals surface area (Å²) in [5.41, 5.74) is 2.53. The topological polar surface area (TPSA) is 12.0 Å². The number of benzene rings is 2. The number of aryl methyl sites for hydroxylation is 1. The van der Waals surface area contributed by atoms with Crippen molar-refractivity contribution in [3.63, 3.8) is 0 Å². The van der Waals surface area contributed by atoms with Crippen molar-refractivity contribution in [1.29, 1.82) is 0 Å². The Morgan fingerprint density at radius 2 is 1.77 bits per heavy atom. The molecule has 0 aromatic heterocycles. The minimum Gasteiger partial charge on any atom is -0.388 e. The summed E-state index contributed by atoms with van der Waals surface area (Å²) in [7, 11) is 1.96. The maximum Gasteiger partial charge on any atom is 0.0373 e. The van der Waals surface area contributed by atoms with Gasteiger partial charge in [-0.3, -0.25) is 0 Å². The Kier molecular flexibility index (Phi) is 1.93. The van der Waals surface area contributed by atoms with Crippen LogP contribution in [-0.4, -0.2) is 7.05 Å². The molecule has 0 spiro atoms. The summed E-state index contributed by atoms with van der Waals surface area (Å²) >= 11 is 0. The third-order valence-corrected chi connectivity index (χ3v) is 2.47. The number of fused-ring (bicyclic) bond motifs is 1. The highest BCUT2D eigenvalue weighted by Gasteiger charge is 1.99. The molecule has 0 saturated carbocycles. The largest absolute Gasteiger partial charge is 0.388 e. The Morgan fingerprint density at radius 1 is 1.00 bits per heavy atom. The summed E-state index contributed by atoms with van der Waals surface area (Å²) in [5.74, 6) is 0. The van der Waals surface area contributed by atoms with Gasteiger partial charge in [0.05, 0.1) is 0 Å². The van der Waals surface area contributed by atoms with E-state index in [4.69, 9.17) is 0 Å². The van der Waals surface area contributed by atoms with E-state index in [1.807, 2.05) is 7.05 Å². The Hall–Kier alpha value is -1.50. The molecule has 0 unspecified atom stereocenters. The molecular weight excluding hydrogens is 158 g/mol. The molecule has 1 nitrogen and oxygen atoms in total. The normalized spacial score (nSPS) is 10.3. The SMILES string of the molecule is CNc1ccc2ccccc2c1C. The molecule has 0 aliphatic carbocycles. The number of rotatable bonds is 1. The van der Waals surface area contributed by atoms with Crippen LogP contribution in [0.3, 0.4) is 0 Å². The highest BCUT2D eigenvalue weighted by molar-refractivity contribution is 5.89. The van der Waals surface area contributed by atoms with E-state index in [1.54, 1.807) is 0 Å². The van der Waals surface area contributed by atoms with Crippen LogP contribution in [0, 0.1) is 6.92 Å². The second-order valence-electron chi connectivity index (χ2n) is 3.21. The first-order chi connectivity index (χ1) is 6.33. The standard InChI is InChI=1S/C12H13N/c1-9-11-6-4-3-5-10(11)7-8-12(9)13-2/h3-8,13H,1-2H3. The van der Waals surface area contributed by atoms with Gasteiger partial charge in [0.15, 0.2) is 0 Å². The predicted octanol–water partition coefficient (Wildman–Crippen LogP) is 3.19. The summed E-state index contributed by atoms with van der Waals surface area (Å²) in [6.45, 7) is 2.15. The summed E-state index contributed by atoms with van der Waals surface area (Å²) in [5, 5.41) is 5.82. The average molecular weight is 171 g/mol. The van der Waals surface area contributed by atoms with Gasteiger partial charge in [-0.15, -0.1) is 0 Å². The van der Waals surface area contributed by atoms with Crippen LogP contribution in [0.4, 0.5) is 5.69 Å². The van der Waals surface area contributed by atoms with Crippen LogP contribution in [0.25, 0.3) is 10.8 Å². The lowest BCUT2D eigenvalue weighted by Crippen LogP contribution is -1.91. The molecule has 2 rings (SSSR count). The zero-order chi connectivity index (χ0) is 9.26. The zero-order valence-electron chi connectivity index (χ0n) is 7.96. The predicted molar refractivity (Wildman–Crippen MR) is 58.2 cm³/mol. The van der Waals surface area contributed by atoms with Gasteiger partial charge in [0.1, 0.15) is 0 Å². The van der Waals surface area contributed by atoms with E-state index in [9.17, 15) is 0 Å². The van der Waals surface area contributed by atoms with Gasteiger partial charge in [-0.1, -0.05) is 30.3 Å². The van der Waals surface area contributed by atoms with Crippen LogP contribution in [0.1, 0.15) is 5.56 Å². The van der Waals surface area contributed by atoms with Gasteiger partial charge in [0.2, 0.25) is 0 Å². The highest BCUT2D eigenvalue weighted by Crippen LogP contribution is 2.24. The van der Waals surface area contributed by atoms with Crippen molar-refractivity contribution < 1.29 is 0 Å². The van der Waals surface area contributed by atoms with E-state index in [0.29, 0.717) is 0 Å². The smallest absolute Gasteiger partial charge is 0.0373 e. The van der Waals surface area contributed by atoms with E-state index in [2.05, 4.69) is 48.6 Å². The fourth-order valence-electron chi connectivity index (χ4n) is 1.70. The average Bonchev–Trinajstić information content (AvgIpc) is 2.19. The molecular formula is C12H13N. The van der Waals surface area contributed by atoms with Crippen molar-refractivity contribution in [2.24, 2.45) is 0 Å². The van der Waals surface area contributed by atoms with Crippen LogP contribution in [0.2, 0.25) is 0 Å². The number of hydrogen-bond donors (Lipinski definition) is 1. The van der Waals surface area contributed by atoms with Gasteiger partial charge in [-0.25, -0.2) is 0 Å². The Morgan fingerprint density at radius 3 is 2.54 bits per heavy atom. The molecule has 0 aliphatic rings. The molecule has 2 aromatic carbocycles. The van der Waals surface area contributed by atoms with Crippen molar-refractivity contribution >= 4 is 16.5 Å². The van der Waals surface area contributed by atoms with Crippen molar-refractivity contribution in [2.45, 2.75) is 6.92 Å². The number of anilines is 1. The molecule has 13 heavy (non-hydrogen) atoms. The molecule has 66 valence electrons. The van der Waals surface area contributed by atoms with Crippen molar-refractivity contribution in [1.82, 2.24) is 0 Å². The monoisotopic (exact) mass is 171 g/mol. The van der Waals surface area contributed by atoms with E-state index < -0.39 is 0 Å². The van der Waals surface area contributed by atoms with Crippen LogP contribution in [-0.2, 0) is 0 Å². The minimum atomic E-state index is 1.21. The first-order valence-electron chi connectivity index (χ1n) is 4.49. The maximum absolute atomic E-state index is 3.19. The zero-order valence-corrected chi connectivity index (χ0v) is 7.96. The van der Waals surface area contributed by atoms with Crippen LogP contribution in [0.5, 0.6) is 0 Å². The second kappa shape index (κ2) is 3.09. The molecule has 2 aromatic rings. The van der Waals surface area contributed by atoms with Crippen LogP contribution < -0.4 is 5.32 Å². The van der Waals surface area contributed by atoms with E-state index in [1.165, 1.54) is 22.0 Å². The molecule has 0 saturated heterocycles. The summed E-state index contributed by atoms with van der Waals surface area (Å²) in [4.78, 5) is 0. The molecule has 1 heteroatoms. The third kappa shape index (κ3) is 1.26. The summed E-state index contributed by atoms with van der Waals surface area (Å²) in [6, 6.07) is 12.7. The van der Waals surface area contributed by atoms with Gasteiger partial charge in [0.25, 0.3) is 0 Å². The van der Waals surface area contributed by atoms with Crippen molar-refractivity contribution in [3.8, 4) is 0 Å². The number of nitrogens with one attached hydrogen (secondary N) is 1. The van der Waals surface area contributed by atoms with Crippen molar-refractivity contribution in [2.75, 3.05) is 12.4 Å². The van der Waals surface area contributed by atoms with E-state index in [-0.39, 0.29) is 0 Å². The van der Waals surface area contributed by atoms with E-state index >= 15 is 0 Å². The fraction of sp³-hybridized carbons (Fsp3) is 0.167. The lowest BCUT2D eigenvalue weighted by Gasteiger charge is -2.07. The van der Waals surface area contributed by atoms with Crippen molar-refractivity contribution in [3.05, 3.63) is 42.0 Å². The molecule has 0 radical (unpaired) electrons. The lowest BCUT2D eigenvalue weighted by atomic mass is 10.0. The Labute approximate surface area is 78.4 Å². The minimum absolute atomic E-state index is 1.21. The summed E-state index contributed by atoms with van der Waals surface area (Å²) < 4.78 is 0. The van der Waals surface area contributed by atoms with Gasteiger partial charge < -0.3 is 5.32 Å². The number of hydrogen-bond acceptors (Lipinski definition) is 1. The Balaban J connectivity index is 2.79. The Bertz CT molecular complexity index is 432. The van der Waals surface area contributed by atoms with Gasteiger partial charge in [-0.2, -0.15) is 0 Å². The first kappa shape index (κ1) is 8.11. The molecule has 0 heterocycles. The highest BCUT2D eigenvalue weighted by atomic mass is 14.8. The van der Waals surface area contributed by atoms with Gasteiger partial charge in [-0.05, 0) is 29.3 Å². The molecule has 1 N–H and O–H groups in total. The van der Waals surface area contributed by atoms with E-state index in [0.717, 1.165) is 0 Å². The second-order valence-corrected chi connectivity index (χ2v) is 3.21.